The molecule has 1 aliphatic rings. The highest BCUT2D eigenvalue weighted by atomic mass is 32.2. The fourth-order valence-electron chi connectivity index (χ4n) is 1.90. The Labute approximate surface area is 108 Å². The standard InChI is InChI=1S/C12H14F2N2OS/c1-12(5-2-6-18-12)11(17)16-10-8(15)4-3-7(13)9(10)14/h3-4H,2,5-6,15H2,1H3,(H,16,17). The van der Waals surface area contributed by atoms with Gasteiger partial charge in [-0.05, 0) is 37.7 Å². The molecule has 1 heterocycles. The lowest BCUT2D eigenvalue weighted by Crippen LogP contribution is -2.35. The van der Waals surface area contributed by atoms with Gasteiger partial charge in [-0.2, -0.15) is 0 Å². The number of benzene rings is 1. The van der Waals surface area contributed by atoms with Gasteiger partial charge >= 0.3 is 0 Å². The summed E-state index contributed by atoms with van der Waals surface area (Å²) in [5, 5.41) is 2.40. The first-order valence-corrected chi connectivity index (χ1v) is 6.61. The van der Waals surface area contributed by atoms with Crippen molar-refractivity contribution >= 4 is 29.0 Å². The van der Waals surface area contributed by atoms with E-state index in [1.807, 2.05) is 0 Å². The van der Waals surface area contributed by atoms with Crippen LogP contribution in [0.25, 0.3) is 0 Å². The molecule has 3 N–H and O–H groups in total. The first-order valence-electron chi connectivity index (χ1n) is 5.63. The molecule has 1 unspecified atom stereocenters. The van der Waals surface area contributed by atoms with E-state index in [0.29, 0.717) is 0 Å². The number of carbonyl (C=O) groups excluding carboxylic acids is 1. The first-order chi connectivity index (χ1) is 8.44. The minimum atomic E-state index is -1.12. The Morgan fingerprint density at radius 2 is 2.22 bits per heavy atom. The van der Waals surface area contributed by atoms with Crippen molar-refractivity contribution in [3.8, 4) is 0 Å². The van der Waals surface area contributed by atoms with E-state index in [2.05, 4.69) is 5.32 Å². The molecule has 1 saturated heterocycles. The van der Waals surface area contributed by atoms with Crippen molar-refractivity contribution in [3.63, 3.8) is 0 Å². The van der Waals surface area contributed by atoms with Crippen LogP contribution in [0.4, 0.5) is 20.2 Å². The zero-order chi connectivity index (χ0) is 13.3. The molecule has 1 aromatic carbocycles. The largest absolute Gasteiger partial charge is 0.397 e. The SMILES string of the molecule is CC1(C(=O)Nc2c(N)ccc(F)c2F)CCCS1. The van der Waals surface area contributed by atoms with Crippen LogP contribution in [0.15, 0.2) is 12.1 Å². The van der Waals surface area contributed by atoms with Gasteiger partial charge in [-0.3, -0.25) is 4.79 Å². The maximum Gasteiger partial charge on any atom is 0.240 e. The van der Waals surface area contributed by atoms with E-state index in [1.54, 1.807) is 6.92 Å². The number of nitrogens with one attached hydrogen (secondary N) is 1. The van der Waals surface area contributed by atoms with Crippen LogP contribution in [0.2, 0.25) is 0 Å². The van der Waals surface area contributed by atoms with E-state index in [4.69, 9.17) is 5.73 Å². The van der Waals surface area contributed by atoms with Crippen molar-refractivity contribution in [1.82, 2.24) is 0 Å². The van der Waals surface area contributed by atoms with Crippen LogP contribution in [0.5, 0.6) is 0 Å². The molecule has 1 atom stereocenters. The topological polar surface area (TPSA) is 55.1 Å². The van der Waals surface area contributed by atoms with Crippen molar-refractivity contribution in [1.29, 1.82) is 0 Å². The number of hydrogen-bond donors (Lipinski definition) is 2. The van der Waals surface area contributed by atoms with Crippen LogP contribution in [0, 0.1) is 11.6 Å². The number of nitrogen functional groups attached to an aromatic ring is 1. The third-order valence-electron chi connectivity index (χ3n) is 3.06. The van der Waals surface area contributed by atoms with Crippen molar-refractivity contribution < 1.29 is 13.6 Å². The summed E-state index contributed by atoms with van der Waals surface area (Å²) in [6.45, 7) is 1.80. The quantitative estimate of drug-likeness (QED) is 0.814. The molecule has 1 aromatic rings. The van der Waals surface area contributed by atoms with Gasteiger partial charge in [-0.1, -0.05) is 0 Å². The minimum Gasteiger partial charge on any atom is -0.397 e. The molecule has 3 nitrogen and oxygen atoms in total. The number of carbonyl (C=O) groups is 1. The Bertz CT molecular complexity index is 487. The Balaban J connectivity index is 2.24. The molecule has 0 aliphatic carbocycles. The number of rotatable bonds is 2. The Morgan fingerprint density at radius 3 is 2.83 bits per heavy atom. The Morgan fingerprint density at radius 1 is 1.50 bits per heavy atom. The lowest BCUT2D eigenvalue weighted by atomic mass is 10.0. The average Bonchev–Trinajstić information content (AvgIpc) is 2.78. The molecule has 2 rings (SSSR count). The zero-order valence-electron chi connectivity index (χ0n) is 9.93. The van der Waals surface area contributed by atoms with Gasteiger partial charge in [0.05, 0.1) is 10.4 Å². The van der Waals surface area contributed by atoms with Gasteiger partial charge in [0.2, 0.25) is 5.91 Å². The highest BCUT2D eigenvalue weighted by Crippen LogP contribution is 2.39. The average molecular weight is 272 g/mol. The molecule has 0 aromatic heterocycles. The second-order valence-electron chi connectivity index (χ2n) is 4.46. The Hall–Kier alpha value is -1.30. The summed E-state index contributed by atoms with van der Waals surface area (Å²) in [4.78, 5) is 12.1. The molecule has 6 heteroatoms. The first kappa shape index (κ1) is 13.1. The number of amides is 1. The van der Waals surface area contributed by atoms with Crippen molar-refractivity contribution in [2.75, 3.05) is 16.8 Å². The number of halogens is 2. The highest BCUT2D eigenvalue weighted by Gasteiger charge is 2.37. The highest BCUT2D eigenvalue weighted by molar-refractivity contribution is 8.01. The normalized spacial score (nSPS) is 23.1. The summed E-state index contributed by atoms with van der Waals surface area (Å²) in [6, 6.07) is 2.17. The summed E-state index contributed by atoms with van der Waals surface area (Å²) in [5.41, 5.74) is 5.30. The second-order valence-corrected chi connectivity index (χ2v) is 6.06. The summed E-state index contributed by atoms with van der Waals surface area (Å²) in [6.07, 6.45) is 1.66. The summed E-state index contributed by atoms with van der Waals surface area (Å²) in [5.74, 6) is -1.58. The maximum absolute atomic E-state index is 13.6. The third kappa shape index (κ3) is 2.29. The van der Waals surface area contributed by atoms with Gasteiger partial charge in [-0.15, -0.1) is 11.8 Å². The van der Waals surface area contributed by atoms with Crippen molar-refractivity contribution in [3.05, 3.63) is 23.8 Å². The summed E-state index contributed by atoms with van der Waals surface area (Å²) >= 11 is 1.52. The third-order valence-corrected chi connectivity index (χ3v) is 4.58. The number of hydrogen-bond acceptors (Lipinski definition) is 3. The fraction of sp³-hybridized carbons (Fsp3) is 0.417. The minimum absolute atomic E-state index is 0.0221. The van der Waals surface area contributed by atoms with Crippen LogP contribution in [0.1, 0.15) is 19.8 Å². The molecule has 1 amide bonds. The molecule has 98 valence electrons. The van der Waals surface area contributed by atoms with Crippen molar-refractivity contribution in [2.45, 2.75) is 24.5 Å². The molecular formula is C12H14F2N2OS. The smallest absolute Gasteiger partial charge is 0.240 e. The monoisotopic (exact) mass is 272 g/mol. The molecule has 0 saturated carbocycles. The van der Waals surface area contributed by atoms with E-state index < -0.39 is 16.4 Å². The van der Waals surface area contributed by atoms with Crippen LogP contribution in [-0.4, -0.2) is 16.4 Å². The van der Waals surface area contributed by atoms with Crippen molar-refractivity contribution in [2.24, 2.45) is 0 Å². The molecular weight excluding hydrogens is 258 g/mol. The predicted octanol–water partition coefficient (Wildman–Crippen LogP) is 2.77. The van der Waals surface area contributed by atoms with Crippen LogP contribution < -0.4 is 11.1 Å². The Kier molecular flexibility index (Phi) is 3.47. The second kappa shape index (κ2) is 4.76. The van der Waals surface area contributed by atoms with Gasteiger partial charge in [-0.25, -0.2) is 8.78 Å². The molecule has 1 fully saturated rings. The van der Waals surface area contributed by atoms with Gasteiger partial charge < -0.3 is 11.1 Å². The van der Waals surface area contributed by atoms with Gasteiger partial charge in [0, 0.05) is 0 Å². The summed E-state index contributed by atoms with van der Waals surface area (Å²) < 4.78 is 26.1. The van der Waals surface area contributed by atoms with E-state index in [9.17, 15) is 13.6 Å². The number of anilines is 2. The number of thioether (sulfide) groups is 1. The maximum atomic E-state index is 13.6. The molecule has 1 aliphatic heterocycles. The van der Waals surface area contributed by atoms with E-state index in [1.165, 1.54) is 17.8 Å². The molecule has 0 bridgehead atoms. The van der Waals surface area contributed by atoms with E-state index >= 15 is 0 Å². The van der Waals surface area contributed by atoms with Gasteiger partial charge in [0.25, 0.3) is 0 Å². The van der Waals surface area contributed by atoms with Crippen LogP contribution in [0.3, 0.4) is 0 Å². The molecule has 0 radical (unpaired) electrons. The van der Waals surface area contributed by atoms with Crippen LogP contribution in [-0.2, 0) is 4.79 Å². The number of nitrogens with two attached hydrogens (primary N) is 1. The summed E-state index contributed by atoms with van der Waals surface area (Å²) in [7, 11) is 0. The fourth-order valence-corrected chi connectivity index (χ4v) is 3.11. The van der Waals surface area contributed by atoms with Crippen LogP contribution >= 0.6 is 11.8 Å². The molecule has 18 heavy (non-hydrogen) atoms. The predicted molar refractivity (Wildman–Crippen MR) is 69.5 cm³/mol. The van der Waals surface area contributed by atoms with E-state index in [0.717, 1.165) is 24.7 Å². The van der Waals surface area contributed by atoms with Gasteiger partial charge in [0.15, 0.2) is 11.6 Å². The van der Waals surface area contributed by atoms with E-state index in [-0.39, 0.29) is 17.3 Å². The lowest BCUT2D eigenvalue weighted by molar-refractivity contribution is -0.118. The zero-order valence-corrected chi connectivity index (χ0v) is 10.7. The lowest BCUT2D eigenvalue weighted by Gasteiger charge is -2.22. The van der Waals surface area contributed by atoms with Gasteiger partial charge in [0.1, 0.15) is 5.69 Å². The molecule has 0 spiro atoms.